The Labute approximate surface area is 143 Å². The van der Waals surface area contributed by atoms with E-state index in [-0.39, 0.29) is 11.7 Å². The molecule has 0 aliphatic heterocycles. The minimum Gasteiger partial charge on any atom is -0.503 e. The molecule has 0 aliphatic rings. The summed E-state index contributed by atoms with van der Waals surface area (Å²) in [5, 5.41) is 13.8. The molecular formula is C17H17BrN2O3. The van der Waals surface area contributed by atoms with E-state index in [9.17, 15) is 9.90 Å². The Kier molecular flexibility index (Phi) is 5.76. The number of halogens is 1. The summed E-state index contributed by atoms with van der Waals surface area (Å²) in [6.45, 7) is 4.22. The largest absolute Gasteiger partial charge is 0.503 e. The van der Waals surface area contributed by atoms with Crippen LogP contribution in [0.1, 0.15) is 28.4 Å². The maximum Gasteiger partial charge on any atom is 0.271 e. The highest BCUT2D eigenvalue weighted by Crippen LogP contribution is 2.34. The first-order chi connectivity index (χ1) is 11.0. The van der Waals surface area contributed by atoms with Gasteiger partial charge < -0.3 is 9.84 Å². The Morgan fingerprint density at radius 3 is 2.70 bits per heavy atom. The monoisotopic (exact) mass is 376 g/mol. The fourth-order valence-corrected chi connectivity index (χ4v) is 2.33. The van der Waals surface area contributed by atoms with Gasteiger partial charge in [-0.15, -0.1) is 0 Å². The molecule has 23 heavy (non-hydrogen) atoms. The summed E-state index contributed by atoms with van der Waals surface area (Å²) in [5.74, 6) is 0.102. The lowest BCUT2D eigenvalue weighted by Crippen LogP contribution is -2.17. The van der Waals surface area contributed by atoms with E-state index in [1.807, 2.05) is 26.0 Å². The van der Waals surface area contributed by atoms with E-state index in [1.165, 1.54) is 6.21 Å². The maximum atomic E-state index is 11.9. The molecule has 0 saturated heterocycles. The van der Waals surface area contributed by atoms with Crippen molar-refractivity contribution >= 4 is 28.1 Å². The van der Waals surface area contributed by atoms with Crippen molar-refractivity contribution in [2.75, 3.05) is 6.61 Å². The number of hydrazone groups is 1. The second kappa shape index (κ2) is 7.78. The highest BCUT2D eigenvalue weighted by Gasteiger charge is 2.08. The summed E-state index contributed by atoms with van der Waals surface area (Å²) in [6.07, 6.45) is 1.48. The van der Waals surface area contributed by atoms with Gasteiger partial charge in [-0.25, -0.2) is 5.43 Å². The first kappa shape index (κ1) is 17.0. The number of aryl methyl sites for hydroxylation is 1. The van der Waals surface area contributed by atoms with E-state index in [2.05, 4.69) is 26.5 Å². The maximum absolute atomic E-state index is 11.9. The smallest absolute Gasteiger partial charge is 0.271 e. The fraction of sp³-hybridized carbons (Fsp3) is 0.176. The Morgan fingerprint density at radius 1 is 1.35 bits per heavy atom. The van der Waals surface area contributed by atoms with E-state index >= 15 is 0 Å². The van der Waals surface area contributed by atoms with Crippen LogP contribution in [0, 0.1) is 6.92 Å². The topological polar surface area (TPSA) is 70.9 Å². The van der Waals surface area contributed by atoms with Gasteiger partial charge in [0.15, 0.2) is 11.5 Å². The van der Waals surface area contributed by atoms with Gasteiger partial charge in [0.1, 0.15) is 0 Å². The fourth-order valence-electron chi connectivity index (χ4n) is 1.87. The number of hydrogen-bond acceptors (Lipinski definition) is 4. The molecule has 0 radical (unpaired) electrons. The van der Waals surface area contributed by atoms with E-state index in [0.717, 1.165) is 5.56 Å². The first-order valence-electron chi connectivity index (χ1n) is 7.06. The van der Waals surface area contributed by atoms with Crippen LogP contribution in [0.5, 0.6) is 11.5 Å². The van der Waals surface area contributed by atoms with Gasteiger partial charge in [-0.05, 0) is 59.6 Å². The second-order valence-corrected chi connectivity index (χ2v) is 5.70. The zero-order valence-corrected chi connectivity index (χ0v) is 14.4. The summed E-state index contributed by atoms with van der Waals surface area (Å²) in [4.78, 5) is 11.9. The number of hydrogen-bond donors (Lipinski definition) is 2. The predicted molar refractivity (Wildman–Crippen MR) is 93.2 cm³/mol. The average Bonchev–Trinajstić information content (AvgIpc) is 2.53. The predicted octanol–water partition coefficient (Wildman–Crippen LogP) is 3.63. The Morgan fingerprint density at radius 2 is 2.04 bits per heavy atom. The molecule has 0 aliphatic carbocycles. The Hall–Kier alpha value is -2.34. The van der Waals surface area contributed by atoms with Crippen LogP contribution in [0.4, 0.5) is 0 Å². The highest BCUT2D eigenvalue weighted by atomic mass is 79.9. The summed E-state index contributed by atoms with van der Waals surface area (Å²) < 4.78 is 5.83. The van der Waals surface area contributed by atoms with Crippen molar-refractivity contribution in [3.63, 3.8) is 0 Å². The number of phenolic OH excluding ortho intramolecular Hbond substituents is 1. The summed E-state index contributed by atoms with van der Waals surface area (Å²) in [5.41, 5.74) is 4.77. The molecule has 2 N–H and O–H groups in total. The lowest BCUT2D eigenvalue weighted by molar-refractivity contribution is 0.0955. The van der Waals surface area contributed by atoms with Crippen LogP contribution in [-0.4, -0.2) is 23.8 Å². The summed E-state index contributed by atoms with van der Waals surface area (Å²) in [6, 6.07) is 10.5. The van der Waals surface area contributed by atoms with Crippen LogP contribution in [-0.2, 0) is 0 Å². The lowest BCUT2D eigenvalue weighted by Gasteiger charge is -2.08. The summed E-state index contributed by atoms with van der Waals surface area (Å²) in [7, 11) is 0. The van der Waals surface area contributed by atoms with Crippen LogP contribution in [0.25, 0.3) is 0 Å². The number of nitrogens with one attached hydrogen (secondary N) is 1. The van der Waals surface area contributed by atoms with Gasteiger partial charge in [0, 0.05) is 5.56 Å². The Bertz CT molecular complexity index is 727. The van der Waals surface area contributed by atoms with Crippen molar-refractivity contribution < 1.29 is 14.6 Å². The standard InChI is InChI=1S/C17H17BrN2O3/c1-3-23-15-9-12(8-14(18)16(15)21)10-19-20-17(22)13-6-4-11(2)5-7-13/h4-10,21H,3H2,1-2H3,(H,20,22)/b19-10-. The number of amides is 1. The normalized spacial score (nSPS) is 10.7. The number of rotatable bonds is 5. The number of aromatic hydroxyl groups is 1. The second-order valence-electron chi connectivity index (χ2n) is 4.85. The number of phenols is 1. The minimum absolute atomic E-state index is 0.0349. The van der Waals surface area contributed by atoms with Crippen LogP contribution < -0.4 is 10.2 Å². The van der Waals surface area contributed by atoms with Crippen molar-refractivity contribution in [3.05, 3.63) is 57.6 Å². The molecule has 0 saturated carbocycles. The van der Waals surface area contributed by atoms with Gasteiger partial charge in [-0.2, -0.15) is 5.10 Å². The molecule has 0 aromatic heterocycles. The highest BCUT2D eigenvalue weighted by molar-refractivity contribution is 9.10. The molecular weight excluding hydrogens is 360 g/mol. The van der Waals surface area contributed by atoms with Gasteiger partial charge in [0.2, 0.25) is 0 Å². The quantitative estimate of drug-likeness (QED) is 0.618. The number of nitrogens with zero attached hydrogens (tertiary/aromatic N) is 1. The SMILES string of the molecule is CCOc1cc(/C=N\NC(=O)c2ccc(C)cc2)cc(Br)c1O. The molecule has 0 fully saturated rings. The van der Waals surface area contributed by atoms with Gasteiger partial charge >= 0.3 is 0 Å². The molecule has 0 atom stereocenters. The molecule has 1 amide bonds. The third-order valence-corrected chi connectivity index (χ3v) is 3.65. The number of carbonyl (C=O) groups is 1. The van der Waals surface area contributed by atoms with Crippen molar-refractivity contribution in [1.29, 1.82) is 0 Å². The molecule has 2 aromatic carbocycles. The average molecular weight is 377 g/mol. The first-order valence-corrected chi connectivity index (χ1v) is 7.86. The molecule has 2 rings (SSSR count). The number of ether oxygens (including phenoxy) is 1. The van der Waals surface area contributed by atoms with Gasteiger partial charge in [-0.1, -0.05) is 17.7 Å². The zero-order valence-electron chi connectivity index (χ0n) is 12.8. The van der Waals surface area contributed by atoms with Crippen molar-refractivity contribution in [3.8, 4) is 11.5 Å². The van der Waals surface area contributed by atoms with E-state index in [4.69, 9.17) is 4.74 Å². The van der Waals surface area contributed by atoms with Crippen LogP contribution in [0.3, 0.4) is 0 Å². The zero-order chi connectivity index (χ0) is 16.8. The van der Waals surface area contributed by atoms with Crippen molar-refractivity contribution in [2.45, 2.75) is 13.8 Å². The lowest BCUT2D eigenvalue weighted by atomic mass is 10.1. The Balaban J connectivity index is 2.08. The third kappa shape index (κ3) is 4.56. The molecule has 5 nitrogen and oxygen atoms in total. The molecule has 0 spiro atoms. The molecule has 0 heterocycles. The number of benzene rings is 2. The summed E-state index contributed by atoms with van der Waals surface area (Å²) >= 11 is 3.25. The number of carbonyl (C=O) groups excluding carboxylic acids is 1. The van der Waals surface area contributed by atoms with Crippen molar-refractivity contribution in [2.24, 2.45) is 5.10 Å². The van der Waals surface area contributed by atoms with E-state index in [0.29, 0.717) is 28.0 Å². The van der Waals surface area contributed by atoms with Crippen LogP contribution in [0.15, 0.2) is 46.0 Å². The van der Waals surface area contributed by atoms with E-state index < -0.39 is 0 Å². The molecule has 2 aromatic rings. The third-order valence-electron chi connectivity index (χ3n) is 3.04. The minimum atomic E-state index is -0.288. The molecule has 0 unspecified atom stereocenters. The van der Waals surface area contributed by atoms with Crippen LogP contribution in [0.2, 0.25) is 0 Å². The van der Waals surface area contributed by atoms with Gasteiger partial charge in [0.05, 0.1) is 17.3 Å². The van der Waals surface area contributed by atoms with Gasteiger partial charge in [-0.3, -0.25) is 4.79 Å². The molecule has 120 valence electrons. The van der Waals surface area contributed by atoms with E-state index in [1.54, 1.807) is 24.3 Å². The molecule has 0 bridgehead atoms. The van der Waals surface area contributed by atoms with Crippen molar-refractivity contribution in [1.82, 2.24) is 5.43 Å². The molecule has 6 heteroatoms. The van der Waals surface area contributed by atoms with Crippen LogP contribution >= 0.6 is 15.9 Å². The van der Waals surface area contributed by atoms with Gasteiger partial charge in [0.25, 0.3) is 5.91 Å².